The number of aliphatic carboxylic acids is 1. The molecule has 41 heavy (non-hydrogen) atoms. The molecule has 0 aliphatic heterocycles. The Morgan fingerprint density at radius 3 is 1.95 bits per heavy atom. The molecule has 0 radical (unpaired) electrons. The van der Waals surface area contributed by atoms with E-state index >= 15 is 0 Å². The summed E-state index contributed by atoms with van der Waals surface area (Å²) in [4.78, 5) is 76.9. The van der Waals surface area contributed by atoms with E-state index in [0.29, 0.717) is 12.0 Å². The normalized spacial score (nSPS) is 14.0. The van der Waals surface area contributed by atoms with E-state index in [1.807, 2.05) is 32.0 Å². The Balaban J connectivity index is 2.33. The van der Waals surface area contributed by atoms with E-state index < -0.39 is 59.7 Å². The van der Waals surface area contributed by atoms with Crippen LogP contribution in [-0.2, 0) is 35.2 Å². The fourth-order valence-corrected chi connectivity index (χ4v) is 4.27. The quantitative estimate of drug-likeness (QED) is 0.118. The van der Waals surface area contributed by atoms with Gasteiger partial charge in [0.15, 0.2) is 0 Å². The van der Waals surface area contributed by atoms with Gasteiger partial charge >= 0.3 is 5.97 Å². The standard InChI is InChI=1S/C27H39N7O7/c1-14(2)11-17(28)24(37)32-19(7-9-22(29)35)25(38)34-21(12-15-13-31-18-6-4-3-5-16(15)18)26(39)33-20(27(40)41)8-10-23(30)36/h3-6,13-14,17,19-21,31H,7-12,28H2,1-2H3,(H2,29,35)(H2,30,36)(H,32,37)(H,33,39)(H,34,38)(H,40,41). The zero-order chi connectivity index (χ0) is 30.7. The largest absolute Gasteiger partial charge is 0.480 e. The number of benzene rings is 1. The average molecular weight is 574 g/mol. The van der Waals surface area contributed by atoms with E-state index in [1.54, 1.807) is 12.3 Å². The van der Waals surface area contributed by atoms with Crippen molar-refractivity contribution in [1.29, 1.82) is 0 Å². The number of nitrogens with one attached hydrogen (secondary N) is 4. The highest BCUT2D eigenvalue weighted by Crippen LogP contribution is 2.19. The van der Waals surface area contributed by atoms with E-state index in [9.17, 15) is 33.9 Å². The van der Waals surface area contributed by atoms with Crippen LogP contribution < -0.4 is 33.2 Å². The monoisotopic (exact) mass is 573 g/mol. The maximum atomic E-state index is 13.4. The maximum Gasteiger partial charge on any atom is 0.326 e. The summed E-state index contributed by atoms with van der Waals surface area (Å²) in [5.41, 5.74) is 17.8. The van der Waals surface area contributed by atoms with E-state index in [1.165, 1.54) is 0 Å². The van der Waals surface area contributed by atoms with Crippen molar-refractivity contribution in [1.82, 2.24) is 20.9 Å². The first-order valence-corrected chi connectivity index (χ1v) is 13.3. The van der Waals surface area contributed by atoms with Gasteiger partial charge in [-0.3, -0.25) is 24.0 Å². The Kier molecular flexibility index (Phi) is 12.3. The topological polar surface area (TPSA) is 253 Å². The summed E-state index contributed by atoms with van der Waals surface area (Å²) >= 11 is 0. The molecule has 0 bridgehead atoms. The Labute approximate surface area is 237 Å². The number of H-pyrrole nitrogens is 1. The van der Waals surface area contributed by atoms with Crippen LogP contribution in [0.4, 0.5) is 0 Å². The van der Waals surface area contributed by atoms with Crippen LogP contribution >= 0.6 is 0 Å². The molecule has 14 nitrogen and oxygen atoms in total. The van der Waals surface area contributed by atoms with E-state index in [4.69, 9.17) is 17.2 Å². The number of para-hydroxylation sites is 1. The maximum absolute atomic E-state index is 13.4. The summed E-state index contributed by atoms with van der Waals surface area (Å²) in [7, 11) is 0. The summed E-state index contributed by atoms with van der Waals surface area (Å²) < 4.78 is 0. The van der Waals surface area contributed by atoms with Gasteiger partial charge in [-0.1, -0.05) is 32.0 Å². The van der Waals surface area contributed by atoms with Crippen LogP contribution in [0.2, 0.25) is 0 Å². The second-order valence-electron chi connectivity index (χ2n) is 10.3. The number of carbonyl (C=O) groups is 6. The Morgan fingerprint density at radius 2 is 1.37 bits per heavy atom. The van der Waals surface area contributed by atoms with Crippen molar-refractivity contribution in [2.45, 2.75) is 76.5 Å². The third-order valence-electron chi connectivity index (χ3n) is 6.40. The number of carboxylic acids is 1. The van der Waals surface area contributed by atoms with Gasteiger partial charge in [-0.05, 0) is 36.8 Å². The summed E-state index contributed by atoms with van der Waals surface area (Å²) in [5.74, 6) is -4.96. The van der Waals surface area contributed by atoms with Crippen molar-refractivity contribution in [3.8, 4) is 0 Å². The molecule has 11 N–H and O–H groups in total. The Bertz CT molecular complexity index is 1260. The Hall–Kier alpha value is -4.46. The lowest BCUT2D eigenvalue weighted by molar-refractivity contribution is -0.142. The molecule has 224 valence electrons. The number of amides is 5. The summed E-state index contributed by atoms with van der Waals surface area (Å²) in [6.07, 6.45) is 1.04. The van der Waals surface area contributed by atoms with Crippen molar-refractivity contribution in [3.05, 3.63) is 36.0 Å². The van der Waals surface area contributed by atoms with Gasteiger partial charge in [-0.15, -0.1) is 0 Å². The van der Waals surface area contributed by atoms with Crippen LogP contribution in [0.15, 0.2) is 30.5 Å². The van der Waals surface area contributed by atoms with Crippen molar-refractivity contribution < 1.29 is 33.9 Å². The Morgan fingerprint density at radius 1 is 0.829 bits per heavy atom. The number of rotatable bonds is 17. The molecule has 4 atom stereocenters. The first kappa shape index (κ1) is 32.8. The molecule has 2 rings (SSSR count). The number of hydrogen-bond donors (Lipinski definition) is 8. The molecule has 1 aromatic heterocycles. The summed E-state index contributed by atoms with van der Waals surface area (Å²) in [6, 6.07) is 2.35. The highest BCUT2D eigenvalue weighted by molar-refractivity contribution is 5.95. The molecule has 0 fully saturated rings. The van der Waals surface area contributed by atoms with Gasteiger partial charge in [0.05, 0.1) is 6.04 Å². The molecule has 0 spiro atoms. The zero-order valence-electron chi connectivity index (χ0n) is 23.1. The minimum absolute atomic E-state index is 0.0485. The lowest BCUT2D eigenvalue weighted by Gasteiger charge is -2.25. The number of carbonyl (C=O) groups excluding carboxylic acids is 5. The highest BCUT2D eigenvalue weighted by atomic mass is 16.4. The van der Waals surface area contributed by atoms with Gasteiger partial charge in [-0.25, -0.2) is 4.79 Å². The second-order valence-corrected chi connectivity index (χ2v) is 10.3. The third kappa shape index (κ3) is 10.6. The van der Waals surface area contributed by atoms with Gasteiger partial charge in [0.25, 0.3) is 0 Å². The van der Waals surface area contributed by atoms with Crippen molar-refractivity contribution in [3.63, 3.8) is 0 Å². The van der Waals surface area contributed by atoms with E-state index in [2.05, 4.69) is 20.9 Å². The number of carboxylic acid groups (broad SMARTS) is 1. The van der Waals surface area contributed by atoms with Gasteiger partial charge < -0.3 is 43.2 Å². The van der Waals surface area contributed by atoms with Crippen molar-refractivity contribution in [2.75, 3.05) is 0 Å². The zero-order valence-corrected chi connectivity index (χ0v) is 23.1. The molecule has 5 amide bonds. The van der Waals surface area contributed by atoms with Crippen molar-refractivity contribution in [2.24, 2.45) is 23.1 Å². The predicted molar refractivity (Wildman–Crippen MR) is 150 cm³/mol. The summed E-state index contributed by atoms with van der Waals surface area (Å²) in [6.45, 7) is 3.76. The first-order chi connectivity index (χ1) is 19.3. The number of nitrogens with two attached hydrogens (primary N) is 3. The fourth-order valence-electron chi connectivity index (χ4n) is 4.27. The molecule has 2 aromatic rings. The number of fused-ring (bicyclic) bond motifs is 1. The second kappa shape index (κ2) is 15.4. The van der Waals surface area contributed by atoms with Crippen LogP contribution in [0.3, 0.4) is 0 Å². The first-order valence-electron chi connectivity index (χ1n) is 13.3. The van der Waals surface area contributed by atoms with Crippen molar-refractivity contribution >= 4 is 46.4 Å². The molecular weight excluding hydrogens is 534 g/mol. The number of hydrogen-bond acceptors (Lipinski definition) is 7. The van der Waals surface area contributed by atoms with Crippen LogP contribution in [-0.4, -0.2) is 69.8 Å². The molecule has 0 aliphatic rings. The average Bonchev–Trinajstić information content (AvgIpc) is 3.30. The molecule has 1 heterocycles. The molecule has 0 saturated carbocycles. The molecule has 0 aliphatic carbocycles. The lowest BCUT2D eigenvalue weighted by atomic mass is 10.0. The lowest BCUT2D eigenvalue weighted by Crippen LogP contribution is -2.57. The number of primary amides is 2. The predicted octanol–water partition coefficient (Wildman–Crippen LogP) is -0.846. The summed E-state index contributed by atoms with van der Waals surface area (Å²) in [5, 5.41) is 17.8. The van der Waals surface area contributed by atoms with E-state index in [0.717, 1.165) is 10.9 Å². The van der Waals surface area contributed by atoms with Crippen LogP contribution in [0.5, 0.6) is 0 Å². The van der Waals surface area contributed by atoms with Gasteiger partial charge in [0.2, 0.25) is 29.5 Å². The number of aromatic nitrogens is 1. The molecule has 14 heteroatoms. The molecule has 0 saturated heterocycles. The van der Waals surface area contributed by atoms with Crippen LogP contribution in [0.1, 0.15) is 51.5 Å². The van der Waals surface area contributed by atoms with Crippen LogP contribution in [0.25, 0.3) is 10.9 Å². The molecule has 1 aromatic carbocycles. The highest BCUT2D eigenvalue weighted by Gasteiger charge is 2.31. The SMILES string of the molecule is CC(C)CC(N)C(=O)NC(CCC(N)=O)C(=O)NC(Cc1c[nH]c2ccccc12)C(=O)NC(CCC(N)=O)C(=O)O. The third-order valence-corrected chi connectivity index (χ3v) is 6.40. The molecular formula is C27H39N7O7. The minimum Gasteiger partial charge on any atom is -0.480 e. The number of aromatic amines is 1. The van der Waals surface area contributed by atoms with Gasteiger partial charge in [0.1, 0.15) is 18.1 Å². The smallest absolute Gasteiger partial charge is 0.326 e. The van der Waals surface area contributed by atoms with Crippen LogP contribution in [0, 0.1) is 5.92 Å². The van der Waals surface area contributed by atoms with Gasteiger partial charge in [0, 0.05) is 36.4 Å². The van der Waals surface area contributed by atoms with E-state index in [-0.39, 0.29) is 38.0 Å². The van der Waals surface area contributed by atoms with Gasteiger partial charge in [-0.2, -0.15) is 0 Å². The molecule has 4 unspecified atom stereocenters. The minimum atomic E-state index is -1.45. The fraction of sp³-hybridized carbons (Fsp3) is 0.481.